The smallest absolute Gasteiger partial charge is 0.250 e. The summed E-state index contributed by atoms with van der Waals surface area (Å²) in [6.45, 7) is 3.41. The van der Waals surface area contributed by atoms with Crippen molar-refractivity contribution >= 4 is 23.2 Å². The first kappa shape index (κ1) is 27.1. The van der Waals surface area contributed by atoms with Crippen LogP contribution in [0.3, 0.4) is 0 Å². The molecule has 1 fully saturated rings. The fourth-order valence-electron chi connectivity index (χ4n) is 7.15. The molecule has 1 saturated heterocycles. The number of hydrogen-bond donors (Lipinski definition) is 2. The Kier molecular flexibility index (Phi) is 7.00. The highest BCUT2D eigenvalue weighted by atomic mass is 16.5. The average Bonchev–Trinajstić information content (AvgIpc) is 3.48. The van der Waals surface area contributed by atoms with Gasteiger partial charge in [0.1, 0.15) is 0 Å². The lowest BCUT2D eigenvalue weighted by Gasteiger charge is -2.54. The second-order valence-corrected chi connectivity index (χ2v) is 11.7. The highest BCUT2D eigenvalue weighted by Gasteiger charge is 2.49. The predicted octanol–water partition coefficient (Wildman–Crippen LogP) is 3.17. The van der Waals surface area contributed by atoms with Crippen molar-refractivity contribution < 1.29 is 14.1 Å². The number of anilines is 2. The van der Waals surface area contributed by atoms with Crippen molar-refractivity contribution in [2.75, 3.05) is 23.3 Å². The summed E-state index contributed by atoms with van der Waals surface area (Å²) in [5.41, 5.74) is 4.69. The van der Waals surface area contributed by atoms with E-state index >= 15 is 0 Å². The minimum atomic E-state index is -0.325. The third-order valence-electron chi connectivity index (χ3n) is 8.87. The number of aryl methyl sites for hydroxylation is 1. The molecule has 2 bridgehead atoms. The van der Waals surface area contributed by atoms with Crippen molar-refractivity contribution in [2.45, 2.75) is 51.1 Å². The van der Waals surface area contributed by atoms with Crippen LogP contribution in [-0.4, -0.2) is 50.6 Å². The van der Waals surface area contributed by atoms with Crippen LogP contribution in [0.4, 0.5) is 11.4 Å². The molecular formula is C32H33N7O4. The normalized spacial score (nSPS) is 21.7. The molecule has 1 aromatic carbocycles. The number of pyridine rings is 2. The molecule has 220 valence electrons. The van der Waals surface area contributed by atoms with Crippen molar-refractivity contribution in [2.24, 2.45) is 11.8 Å². The highest BCUT2D eigenvalue weighted by Crippen LogP contribution is 2.48. The SMILES string of the molecule is CC(=O)Nc1ccc2c(c1)C[C@@H](C(=O)NCCCc1nc(-c3cccnc3)no1)[C@H]1[C@@H]3C[C@H](CN21)Cn1c3cccc1=O. The molecule has 2 N–H and O–H groups in total. The van der Waals surface area contributed by atoms with E-state index in [1.807, 2.05) is 41.0 Å². The van der Waals surface area contributed by atoms with Crippen LogP contribution in [0.2, 0.25) is 0 Å². The van der Waals surface area contributed by atoms with Gasteiger partial charge in [-0.15, -0.1) is 0 Å². The Hall–Kier alpha value is -4.80. The highest BCUT2D eigenvalue weighted by molar-refractivity contribution is 5.89. The van der Waals surface area contributed by atoms with E-state index in [2.05, 4.69) is 36.7 Å². The summed E-state index contributed by atoms with van der Waals surface area (Å²) in [6, 6.07) is 15.1. The largest absolute Gasteiger partial charge is 0.366 e. The summed E-state index contributed by atoms with van der Waals surface area (Å²) >= 11 is 0. The molecule has 0 spiro atoms. The number of fused-ring (bicyclic) bond motifs is 8. The molecule has 3 aliphatic rings. The minimum absolute atomic E-state index is 0.0130. The van der Waals surface area contributed by atoms with Crippen molar-refractivity contribution in [1.82, 2.24) is 25.0 Å². The lowest BCUT2D eigenvalue weighted by molar-refractivity contribution is -0.126. The van der Waals surface area contributed by atoms with E-state index in [4.69, 9.17) is 4.52 Å². The second kappa shape index (κ2) is 11.1. The molecule has 6 heterocycles. The van der Waals surface area contributed by atoms with Crippen LogP contribution >= 0.6 is 0 Å². The average molecular weight is 580 g/mol. The van der Waals surface area contributed by atoms with E-state index in [1.54, 1.807) is 18.5 Å². The van der Waals surface area contributed by atoms with Crippen molar-refractivity contribution in [3.63, 3.8) is 0 Å². The third kappa shape index (κ3) is 5.19. The number of hydrogen-bond acceptors (Lipinski definition) is 8. The quantitative estimate of drug-likeness (QED) is 0.319. The summed E-state index contributed by atoms with van der Waals surface area (Å²) in [5, 5.41) is 10.1. The summed E-state index contributed by atoms with van der Waals surface area (Å²) in [7, 11) is 0. The van der Waals surface area contributed by atoms with Gasteiger partial charge in [-0.1, -0.05) is 11.2 Å². The first-order chi connectivity index (χ1) is 20.9. The van der Waals surface area contributed by atoms with Crippen molar-refractivity contribution in [1.29, 1.82) is 0 Å². The number of nitrogens with zero attached hydrogens (tertiary/aromatic N) is 5. The van der Waals surface area contributed by atoms with E-state index < -0.39 is 0 Å². The topological polar surface area (TPSA) is 135 Å². The fourth-order valence-corrected chi connectivity index (χ4v) is 7.15. The molecule has 0 aliphatic carbocycles. The zero-order valence-electron chi connectivity index (χ0n) is 23.9. The number of amides is 2. The van der Waals surface area contributed by atoms with Gasteiger partial charge in [0.25, 0.3) is 5.56 Å². The fraction of sp³-hybridized carbons (Fsp3) is 0.375. The Labute approximate surface area is 248 Å². The standard InChI is InChI=1S/C32H33N7O4/c1-19(40)35-23-9-10-26-22(14-23)15-25(30-24-13-20(18-39(26)30)17-38-27(24)6-2-8-29(38)41)32(42)34-12-4-7-28-36-31(37-43-28)21-5-3-11-33-16-21/h2-3,5-6,8-11,14,16,20,24-25,30H,4,7,12-13,15,17-18H2,1H3,(H,34,42)(H,35,40)/t20-,24+,25+,30+/m0/s1. The van der Waals surface area contributed by atoms with Crippen LogP contribution < -0.4 is 21.1 Å². The van der Waals surface area contributed by atoms with Crippen LogP contribution in [0.25, 0.3) is 11.4 Å². The maximum absolute atomic E-state index is 13.9. The lowest BCUT2D eigenvalue weighted by Crippen LogP contribution is -2.60. The molecule has 4 atom stereocenters. The van der Waals surface area contributed by atoms with Gasteiger partial charge in [-0.25, -0.2) is 0 Å². The zero-order valence-corrected chi connectivity index (χ0v) is 23.9. The van der Waals surface area contributed by atoms with E-state index in [9.17, 15) is 14.4 Å². The van der Waals surface area contributed by atoms with E-state index in [0.29, 0.717) is 50.0 Å². The number of rotatable bonds is 7. The summed E-state index contributed by atoms with van der Waals surface area (Å²) < 4.78 is 7.32. The molecule has 0 unspecified atom stereocenters. The Morgan fingerprint density at radius 3 is 2.86 bits per heavy atom. The van der Waals surface area contributed by atoms with Crippen LogP contribution in [0.5, 0.6) is 0 Å². The maximum Gasteiger partial charge on any atom is 0.250 e. The van der Waals surface area contributed by atoms with E-state index in [1.165, 1.54) is 6.92 Å². The van der Waals surface area contributed by atoms with Gasteiger partial charge in [-0.05, 0) is 67.1 Å². The number of benzene rings is 1. The molecule has 43 heavy (non-hydrogen) atoms. The van der Waals surface area contributed by atoms with Crippen molar-refractivity contribution in [3.05, 3.63) is 88.4 Å². The van der Waals surface area contributed by atoms with Gasteiger partial charge in [-0.3, -0.25) is 19.4 Å². The third-order valence-corrected chi connectivity index (χ3v) is 8.87. The minimum Gasteiger partial charge on any atom is -0.366 e. The van der Waals surface area contributed by atoms with Gasteiger partial charge in [-0.2, -0.15) is 4.98 Å². The molecule has 3 aliphatic heterocycles. The first-order valence-electron chi connectivity index (χ1n) is 14.8. The van der Waals surface area contributed by atoms with Gasteiger partial charge in [0.05, 0.1) is 5.92 Å². The molecule has 7 rings (SSSR count). The number of carbonyl (C=O) groups excluding carboxylic acids is 2. The first-order valence-corrected chi connectivity index (χ1v) is 14.8. The summed E-state index contributed by atoms with van der Waals surface area (Å²) in [5.74, 6) is 0.906. The number of piperidine rings is 1. The monoisotopic (exact) mass is 579 g/mol. The summed E-state index contributed by atoms with van der Waals surface area (Å²) in [4.78, 5) is 49.4. The van der Waals surface area contributed by atoms with Crippen LogP contribution in [0.15, 0.2) is 70.2 Å². The van der Waals surface area contributed by atoms with Crippen LogP contribution in [0, 0.1) is 11.8 Å². The van der Waals surface area contributed by atoms with Gasteiger partial charge in [0.15, 0.2) is 0 Å². The molecule has 11 nitrogen and oxygen atoms in total. The van der Waals surface area contributed by atoms with E-state index in [-0.39, 0.29) is 35.3 Å². The van der Waals surface area contributed by atoms with Gasteiger partial charge < -0.3 is 24.6 Å². The lowest BCUT2D eigenvalue weighted by atomic mass is 9.69. The number of carbonyl (C=O) groups is 2. The van der Waals surface area contributed by atoms with Gasteiger partial charge >= 0.3 is 0 Å². The van der Waals surface area contributed by atoms with Crippen LogP contribution in [-0.2, 0) is 29.0 Å². The predicted molar refractivity (Wildman–Crippen MR) is 159 cm³/mol. The number of nitrogens with one attached hydrogen (secondary N) is 2. The van der Waals surface area contributed by atoms with Gasteiger partial charge in [0, 0.05) is 86.0 Å². The molecule has 2 amide bonds. The Morgan fingerprint density at radius 1 is 1.12 bits per heavy atom. The van der Waals surface area contributed by atoms with E-state index in [0.717, 1.165) is 41.2 Å². The Bertz CT molecular complexity index is 1730. The molecule has 0 radical (unpaired) electrons. The zero-order chi connectivity index (χ0) is 29.5. The van der Waals surface area contributed by atoms with Gasteiger partial charge in [0.2, 0.25) is 23.5 Å². The molecular weight excluding hydrogens is 546 g/mol. The maximum atomic E-state index is 13.9. The second-order valence-electron chi connectivity index (χ2n) is 11.7. The van der Waals surface area contributed by atoms with Crippen molar-refractivity contribution in [3.8, 4) is 11.4 Å². The molecule has 3 aromatic heterocycles. The Morgan fingerprint density at radius 2 is 2.02 bits per heavy atom. The molecule has 11 heteroatoms. The Balaban J connectivity index is 1.11. The summed E-state index contributed by atoms with van der Waals surface area (Å²) in [6.07, 6.45) is 6.06. The number of aromatic nitrogens is 4. The molecule has 4 aromatic rings. The van der Waals surface area contributed by atoms with Crippen LogP contribution in [0.1, 0.15) is 42.8 Å². The molecule has 0 saturated carbocycles.